The zero-order valence-corrected chi connectivity index (χ0v) is 14.7. The van der Waals surface area contributed by atoms with Crippen LogP contribution in [0.5, 0.6) is 0 Å². The molecule has 2 atom stereocenters. The first-order chi connectivity index (χ1) is 11.8. The van der Waals surface area contributed by atoms with Crippen molar-refractivity contribution in [3.8, 4) is 0 Å². The second kappa shape index (κ2) is 8.71. The molecule has 0 spiro atoms. The predicted molar refractivity (Wildman–Crippen MR) is 92.9 cm³/mol. The van der Waals surface area contributed by atoms with Crippen LogP contribution in [-0.4, -0.2) is 27.9 Å². The van der Waals surface area contributed by atoms with Crippen LogP contribution in [-0.2, 0) is 17.6 Å². The van der Waals surface area contributed by atoms with Crippen LogP contribution in [0.15, 0.2) is 48.5 Å². The van der Waals surface area contributed by atoms with Crippen LogP contribution in [0.4, 0.5) is 13.6 Å². The molecule has 0 saturated heterocycles. The van der Waals surface area contributed by atoms with Crippen LogP contribution >= 0.6 is 15.9 Å². The molecule has 0 aromatic heterocycles. The van der Waals surface area contributed by atoms with Gasteiger partial charge in [-0.25, -0.2) is 13.6 Å². The highest BCUT2D eigenvalue weighted by molar-refractivity contribution is 9.10. The Morgan fingerprint density at radius 1 is 1.00 bits per heavy atom. The van der Waals surface area contributed by atoms with Crippen LogP contribution in [0.25, 0.3) is 0 Å². The van der Waals surface area contributed by atoms with Crippen LogP contribution in [0.1, 0.15) is 11.1 Å². The Balaban J connectivity index is 2.14. The number of hydrogen-bond acceptors (Lipinski definition) is 2. The summed E-state index contributed by atoms with van der Waals surface area (Å²) in [7, 11) is 0. The smallest absolute Gasteiger partial charge is 0.405 e. The summed E-state index contributed by atoms with van der Waals surface area (Å²) in [5.74, 6) is -1.97. The molecule has 0 radical (unpaired) electrons. The normalized spacial score (nSPS) is 13.1. The van der Waals surface area contributed by atoms with E-state index in [-0.39, 0.29) is 12.0 Å². The summed E-state index contributed by atoms with van der Waals surface area (Å²) >= 11 is 3.28. The lowest BCUT2D eigenvalue weighted by molar-refractivity contribution is -0.120. The lowest BCUT2D eigenvalue weighted by Crippen LogP contribution is -2.45. The third-order valence-corrected chi connectivity index (χ3v) is 4.34. The largest absolute Gasteiger partial charge is 0.465 e. The number of amides is 1. The summed E-state index contributed by atoms with van der Waals surface area (Å²) in [6.07, 6.45) is -1.15. The molecule has 7 heteroatoms. The van der Waals surface area contributed by atoms with Crippen LogP contribution < -0.4 is 5.32 Å². The molecule has 2 aromatic carbocycles. The number of rotatable bonds is 7. The molecular weight excluding hydrogens is 396 g/mol. The van der Waals surface area contributed by atoms with E-state index in [2.05, 4.69) is 21.2 Å². The van der Waals surface area contributed by atoms with E-state index in [0.29, 0.717) is 12.5 Å². The number of halogens is 3. The van der Waals surface area contributed by atoms with E-state index >= 15 is 0 Å². The molecule has 1 amide bonds. The van der Waals surface area contributed by atoms with Crippen molar-refractivity contribution in [2.24, 2.45) is 0 Å². The van der Waals surface area contributed by atoms with Gasteiger partial charge in [0, 0.05) is 12.5 Å². The van der Waals surface area contributed by atoms with Gasteiger partial charge in [-0.05, 0) is 29.7 Å². The number of ketones is 1. The number of alkyl halides is 1. The van der Waals surface area contributed by atoms with E-state index in [1.54, 1.807) is 0 Å². The molecule has 0 aliphatic heterocycles. The minimum Gasteiger partial charge on any atom is -0.465 e. The van der Waals surface area contributed by atoms with Crippen molar-refractivity contribution in [1.29, 1.82) is 0 Å². The Bertz CT molecular complexity index is 735. The predicted octanol–water partition coefficient (Wildman–Crippen LogP) is 3.72. The van der Waals surface area contributed by atoms with Crippen molar-refractivity contribution in [1.82, 2.24) is 5.32 Å². The van der Waals surface area contributed by atoms with E-state index in [4.69, 9.17) is 5.11 Å². The van der Waals surface area contributed by atoms with Gasteiger partial charge in [-0.1, -0.05) is 46.3 Å². The number of carbonyl (C=O) groups is 2. The Labute approximate surface area is 152 Å². The van der Waals surface area contributed by atoms with Crippen molar-refractivity contribution < 1.29 is 23.5 Å². The van der Waals surface area contributed by atoms with Gasteiger partial charge in [-0.3, -0.25) is 4.79 Å². The van der Waals surface area contributed by atoms with Gasteiger partial charge in [0.15, 0.2) is 5.78 Å². The average molecular weight is 412 g/mol. The topological polar surface area (TPSA) is 66.4 Å². The van der Waals surface area contributed by atoms with Crippen LogP contribution in [0.2, 0.25) is 0 Å². The van der Waals surface area contributed by atoms with E-state index in [1.807, 2.05) is 30.3 Å². The number of hydrogen-bond donors (Lipinski definition) is 2. The summed E-state index contributed by atoms with van der Waals surface area (Å²) in [6, 6.07) is 11.0. The van der Waals surface area contributed by atoms with Crippen molar-refractivity contribution in [2.75, 3.05) is 0 Å². The molecule has 1 unspecified atom stereocenters. The fourth-order valence-electron chi connectivity index (χ4n) is 2.48. The summed E-state index contributed by atoms with van der Waals surface area (Å²) in [6.45, 7) is 0. The summed E-state index contributed by atoms with van der Waals surface area (Å²) in [4.78, 5) is 23.0. The second-order valence-electron chi connectivity index (χ2n) is 5.54. The zero-order valence-electron chi connectivity index (χ0n) is 13.1. The third-order valence-electron chi connectivity index (χ3n) is 3.57. The molecule has 25 heavy (non-hydrogen) atoms. The van der Waals surface area contributed by atoms with Crippen molar-refractivity contribution in [3.05, 3.63) is 71.3 Å². The van der Waals surface area contributed by atoms with E-state index in [1.165, 1.54) is 0 Å². The first-order valence-electron chi connectivity index (χ1n) is 7.51. The molecule has 0 heterocycles. The van der Waals surface area contributed by atoms with Gasteiger partial charge in [-0.2, -0.15) is 0 Å². The van der Waals surface area contributed by atoms with Crippen molar-refractivity contribution >= 4 is 27.8 Å². The standard InChI is InChI=1S/C18H16BrF2NO3/c19-15(8-11-4-2-1-3-5-11)17(23)16(22-18(24)25)9-12-6-13(20)10-14(21)7-12/h1-7,10,15-16,22H,8-9H2,(H,24,25)/t15?,16-/m0/s1. The summed E-state index contributed by atoms with van der Waals surface area (Å²) in [5.41, 5.74) is 1.10. The molecule has 2 aromatic rings. The van der Waals surface area contributed by atoms with Gasteiger partial charge < -0.3 is 10.4 Å². The fourth-order valence-corrected chi connectivity index (χ4v) is 3.17. The number of carboxylic acid groups (broad SMARTS) is 1. The molecule has 0 bridgehead atoms. The highest BCUT2D eigenvalue weighted by Gasteiger charge is 2.27. The maximum atomic E-state index is 13.3. The molecule has 0 aliphatic carbocycles. The van der Waals surface area contributed by atoms with Gasteiger partial charge in [0.05, 0.1) is 10.9 Å². The SMILES string of the molecule is O=C(O)N[C@@H](Cc1cc(F)cc(F)c1)C(=O)C(Br)Cc1ccccc1. The molecule has 2 rings (SSSR count). The Hall–Kier alpha value is -2.28. The van der Waals surface area contributed by atoms with Gasteiger partial charge in [0.2, 0.25) is 0 Å². The quantitative estimate of drug-likeness (QED) is 0.682. The summed E-state index contributed by atoms with van der Waals surface area (Å²) < 4.78 is 26.6. The Morgan fingerprint density at radius 3 is 2.16 bits per heavy atom. The van der Waals surface area contributed by atoms with Crippen LogP contribution in [0, 0.1) is 11.6 Å². The molecule has 2 N–H and O–H groups in total. The summed E-state index contributed by atoms with van der Waals surface area (Å²) in [5, 5.41) is 11.1. The highest BCUT2D eigenvalue weighted by Crippen LogP contribution is 2.16. The first-order valence-corrected chi connectivity index (χ1v) is 8.43. The molecular formula is C18H16BrF2NO3. The number of Topliss-reactive ketones (excluding diaryl/α,β-unsaturated/α-hetero) is 1. The molecule has 0 saturated carbocycles. The first kappa shape index (κ1) is 19.1. The van der Waals surface area contributed by atoms with E-state index in [9.17, 15) is 18.4 Å². The van der Waals surface area contributed by atoms with Gasteiger partial charge >= 0.3 is 6.09 Å². The lowest BCUT2D eigenvalue weighted by Gasteiger charge is -2.19. The minimum absolute atomic E-state index is 0.142. The molecule has 4 nitrogen and oxygen atoms in total. The highest BCUT2D eigenvalue weighted by atomic mass is 79.9. The maximum absolute atomic E-state index is 13.3. The second-order valence-corrected chi connectivity index (χ2v) is 6.65. The number of carbonyl (C=O) groups excluding carboxylic acids is 1. The number of nitrogens with one attached hydrogen (secondary N) is 1. The monoisotopic (exact) mass is 411 g/mol. The van der Waals surface area contributed by atoms with Crippen molar-refractivity contribution in [2.45, 2.75) is 23.7 Å². The van der Waals surface area contributed by atoms with Crippen LogP contribution in [0.3, 0.4) is 0 Å². The van der Waals surface area contributed by atoms with Gasteiger partial charge in [-0.15, -0.1) is 0 Å². The number of benzene rings is 2. The Morgan fingerprint density at radius 2 is 1.60 bits per heavy atom. The minimum atomic E-state index is -1.38. The Kier molecular flexibility index (Phi) is 6.64. The maximum Gasteiger partial charge on any atom is 0.405 e. The molecule has 0 aliphatic rings. The van der Waals surface area contributed by atoms with Crippen molar-refractivity contribution in [3.63, 3.8) is 0 Å². The van der Waals surface area contributed by atoms with E-state index in [0.717, 1.165) is 17.7 Å². The van der Waals surface area contributed by atoms with Gasteiger partial charge in [0.25, 0.3) is 0 Å². The fraction of sp³-hybridized carbons (Fsp3) is 0.222. The average Bonchev–Trinajstić information content (AvgIpc) is 2.53. The van der Waals surface area contributed by atoms with Gasteiger partial charge in [0.1, 0.15) is 11.6 Å². The third kappa shape index (κ3) is 5.94. The molecule has 132 valence electrons. The molecule has 0 fully saturated rings. The van der Waals surface area contributed by atoms with E-state index < -0.39 is 34.4 Å². The lowest BCUT2D eigenvalue weighted by atomic mass is 9.97. The zero-order chi connectivity index (χ0) is 18.4.